The van der Waals surface area contributed by atoms with Gasteiger partial charge in [-0.05, 0) is 107 Å². The second kappa shape index (κ2) is 10.0. The number of aromatic amines is 1. The lowest BCUT2D eigenvalue weighted by atomic mass is 9.92. The summed E-state index contributed by atoms with van der Waals surface area (Å²) in [5.74, 6) is -0.0391. The van der Waals surface area contributed by atoms with Crippen LogP contribution in [-0.4, -0.2) is 54.7 Å². The first-order valence-corrected chi connectivity index (χ1v) is 12.0. The predicted octanol–water partition coefficient (Wildman–Crippen LogP) is 3.47. The van der Waals surface area contributed by atoms with Gasteiger partial charge in [-0.1, -0.05) is 0 Å². The molecule has 4 N–H and O–H groups in total. The van der Waals surface area contributed by atoms with Crippen LogP contribution >= 0.6 is 11.9 Å². The average molecular weight is 441 g/mol. The second-order valence-electron chi connectivity index (χ2n) is 8.34. The van der Waals surface area contributed by atoms with Gasteiger partial charge >= 0.3 is 0 Å². The number of anilines is 1. The third-order valence-electron chi connectivity index (χ3n) is 6.17. The van der Waals surface area contributed by atoms with E-state index in [-0.39, 0.29) is 12.5 Å². The monoisotopic (exact) mass is 440 g/mol. The van der Waals surface area contributed by atoms with Crippen LogP contribution in [-0.2, 0) is 24.1 Å². The third-order valence-corrected chi connectivity index (χ3v) is 6.87. The van der Waals surface area contributed by atoms with E-state index in [0.717, 1.165) is 59.6 Å². The zero-order valence-corrected chi connectivity index (χ0v) is 19.2. The fourth-order valence-corrected chi connectivity index (χ4v) is 5.18. The van der Waals surface area contributed by atoms with Crippen molar-refractivity contribution in [2.45, 2.75) is 43.4 Å². The zero-order chi connectivity index (χ0) is 21.8. The Labute approximate surface area is 188 Å². The van der Waals surface area contributed by atoms with Crippen LogP contribution in [0.3, 0.4) is 0 Å². The van der Waals surface area contributed by atoms with Crippen LogP contribution in [0.5, 0.6) is 0 Å². The average Bonchev–Trinajstić information content (AvgIpc) is 3.26. The number of benzene rings is 1. The van der Waals surface area contributed by atoms with Crippen LogP contribution in [0.15, 0.2) is 23.1 Å². The number of rotatable bonds is 9. The molecule has 2 aliphatic rings. The van der Waals surface area contributed by atoms with Crippen molar-refractivity contribution in [2.24, 2.45) is 0 Å². The number of aromatic nitrogens is 1. The van der Waals surface area contributed by atoms with Crippen molar-refractivity contribution < 1.29 is 9.90 Å². The first-order chi connectivity index (χ1) is 15.1. The molecule has 6 nitrogen and oxygen atoms in total. The summed E-state index contributed by atoms with van der Waals surface area (Å²) in [7, 11) is 3.94. The van der Waals surface area contributed by atoms with Gasteiger partial charge in [0.2, 0.25) is 0 Å². The Hall–Kier alpha value is -2.06. The molecule has 7 heteroatoms. The van der Waals surface area contributed by atoms with Crippen LogP contribution < -0.4 is 10.0 Å². The Morgan fingerprint density at radius 1 is 1.26 bits per heavy atom. The molecule has 4 rings (SSSR count). The summed E-state index contributed by atoms with van der Waals surface area (Å²) in [5.41, 5.74) is 7.82. The fourth-order valence-electron chi connectivity index (χ4n) is 4.63. The molecule has 1 aliphatic heterocycles. The maximum absolute atomic E-state index is 12.8. The normalized spacial score (nSPS) is 16.6. The first kappa shape index (κ1) is 22.1. The quantitative estimate of drug-likeness (QED) is 0.355. The minimum atomic E-state index is -0.0391. The highest BCUT2D eigenvalue weighted by Gasteiger charge is 2.26. The topological polar surface area (TPSA) is 80.4 Å². The Morgan fingerprint density at radius 2 is 2.10 bits per heavy atom. The molecular weight excluding hydrogens is 408 g/mol. The van der Waals surface area contributed by atoms with E-state index in [1.807, 2.05) is 26.2 Å². The smallest absolute Gasteiger partial charge is 0.256 e. The van der Waals surface area contributed by atoms with Crippen molar-refractivity contribution in [1.82, 2.24) is 14.6 Å². The number of hydrogen-bond donors (Lipinski definition) is 4. The minimum absolute atomic E-state index is 0.0391. The van der Waals surface area contributed by atoms with E-state index >= 15 is 0 Å². The lowest BCUT2D eigenvalue weighted by Crippen LogP contribution is -2.23. The van der Waals surface area contributed by atoms with Crippen molar-refractivity contribution in [3.63, 3.8) is 0 Å². The Bertz CT molecular complexity index is 982. The summed E-state index contributed by atoms with van der Waals surface area (Å²) in [4.78, 5) is 19.7. The van der Waals surface area contributed by atoms with Crippen LogP contribution in [0, 0.1) is 0 Å². The lowest BCUT2D eigenvalue weighted by Gasteiger charge is -2.16. The molecule has 0 spiro atoms. The van der Waals surface area contributed by atoms with Gasteiger partial charge in [-0.25, -0.2) is 0 Å². The van der Waals surface area contributed by atoms with E-state index in [9.17, 15) is 4.79 Å². The van der Waals surface area contributed by atoms with Gasteiger partial charge in [0.15, 0.2) is 0 Å². The fraction of sp³-hybridized carbons (Fsp3) is 0.458. The number of likely N-dealkylation sites (N-methyl/N-ethyl adjacent to an activating group) is 1. The summed E-state index contributed by atoms with van der Waals surface area (Å²) >= 11 is 1.55. The molecule has 166 valence electrons. The lowest BCUT2D eigenvalue weighted by molar-refractivity contribution is -0.110. The number of H-pyrrole nitrogens is 1. The SMILES string of the molecule is CNSc1ccc2c(c1)/C(=C/c1[nH]c3c(c1CCCN(C)CCO)CCCC3)C(=O)N2. The van der Waals surface area contributed by atoms with Crippen molar-refractivity contribution in [3.8, 4) is 0 Å². The van der Waals surface area contributed by atoms with Gasteiger partial charge in [0, 0.05) is 34.1 Å². The van der Waals surface area contributed by atoms with E-state index in [4.69, 9.17) is 5.11 Å². The highest BCUT2D eigenvalue weighted by molar-refractivity contribution is 7.97. The summed E-state index contributed by atoms with van der Waals surface area (Å²) < 4.78 is 3.10. The van der Waals surface area contributed by atoms with Gasteiger partial charge in [0.05, 0.1) is 12.2 Å². The molecule has 1 aliphatic carbocycles. The number of nitrogens with zero attached hydrogens (tertiary/aromatic N) is 1. The molecule has 0 saturated heterocycles. The number of carbonyl (C=O) groups excluding carboxylic acids is 1. The Balaban J connectivity index is 1.65. The number of hydrogen-bond acceptors (Lipinski definition) is 5. The summed E-state index contributed by atoms with van der Waals surface area (Å²) in [6, 6.07) is 6.07. The number of carbonyl (C=O) groups is 1. The molecule has 0 radical (unpaired) electrons. The van der Waals surface area contributed by atoms with Gasteiger partial charge in [-0.2, -0.15) is 0 Å². The number of aliphatic hydroxyl groups excluding tert-OH is 1. The summed E-state index contributed by atoms with van der Waals surface area (Å²) in [5, 5.41) is 12.2. The number of amides is 1. The molecule has 2 aromatic rings. The van der Waals surface area contributed by atoms with E-state index in [2.05, 4.69) is 32.1 Å². The molecule has 1 amide bonds. The first-order valence-electron chi connectivity index (χ1n) is 11.1. The van der Waals surface area contributed by atoms with E-state index in [0.29, 0.717) is 6.54 Å². The maximum Gasteiger partial charge on any atom is 0.256 e. The molecule has 0 bridgehead atoms. The summed E-state index contributed by atoms with van der Waals surface area (Å²) in [6.07, 6.45) is 8.71. The number of aryl methyl sites for hydroxylation is 1. The number of nitrogens with one attached hydrogen (secondary N) is 3. The maximum atomic E-state index is 12.8. The summed E-state index contributed by atoms with van der Waals surface area (Å²) in [6.45, 7) is 1.84. The molecular formula is C24H32N4O2S. The second-order valence-corrected chi connectivity index (χ2v) is 9.42. The highest BCUT2D eigenvalue weighted by atomic mass is 32.2. The molecule has 1 aromatic heterocycles. The van der Waals surface area contributed by atoms with E-state index in [1.165, 1.54) is 29.7 Å². The van der Waals surface area contributed by atoms with Gasteiger partial charge in [-0.15, -0.1) is 0 Å². The van der Waals surface area contributed by atoms with Crippen LogP contribution in [0.25, 0.3) is 11.6 Å². The van der Waals surface area contributed by atoms with Gasteiger partial charge < -0.3 is 20.3 Å². The highest BCUT2D eigenvalue weighted by Crippen LogP contribution is 2.37. The van der Waals surface area contributed by atoms with E-state index < -0.39 is 0 Å². The van der Waals surface area contributed by atoms with Gasteiger partial charge in [0.25, 0.3) is 5.91 Å². The minimum Gasteiger partial charge on any atom is -0.395 e. The zero-order valence-electron chi connectivity index (χ0n) is 18.4. The van der Waals surface area contributed by atoms with E-state index in [1.54, 1.807) is 11.9 Å². The molecule has 0 atom stereocenters. The Kier molecular flexibility index (Phi) is 7.17. The number of aliphatic hydroxyl groups is 1. The molecule has 0 fully saturated rings. The largest absolute Gasteiger partial charge is 0.395 e. The van der Waals surface area contributed by atoms with Crippen LogP contribution in [0.4, 0.5) is 5.69 Å². The Morgan fingerprint density at radius 3 is 2.90 bits per heavy atom. The van der Waals surface area contributed by atoms with Gasteiger partial charge in [0.1, 0.15) is 0 Å². The number of fused-ring (bicyclic) bond motifs is 2. The molecule has 0 saturated carbocycles. The van der Waals surface area contributed by atoms with Gasteiger partial charge in [-0.3, -0.25) is 9.52 Å². The standard InChI is InChI=1S/C24H32N4O2S/c1-25-31-16-9-10-22-19(14-16)20(24(30)27-22)15-23-18(7-5-11-28(2)12-13-29)17-6-3-4-8-21(17)26-23/h9-10,14-15,25-26,29H,3-8,11-13H2,1-2H3,(H,27,30)/b20-15-. The van der Waals surface area contributed by atoms with Crippen molar-refractivity contribution >= 4 is 35.2 Å². The third kappa shape index (κ3) is 4.90. The molecule has 2 heterocycles. The van der Waals surface area contributed by atoms with Crippen molar-refractivity contribution in [1.29, 1.82) is 0 Å². The molecule has 1 aromatic carbocycles. The molecule has 31 heavy (non-hydrogen) atoms. The van der Waals surface area contributed by atoms with Crippen LogP contribution in [0.2, 0.25) is 0 Å². The molecule has 0 unspecified atom stereocenters. The predicted molar refractivity (Wildman–Crippen MR) is 128 cm³/mol. The van der Waals surface area contributed by atoms with Crippen molar-refractivity contribution in [3.05, 3.63) is 46.3 Å². The van der Waals surface area contributed by atoms with Crippen molar-refractivity contribution in [2.75, 3.05) is 39.1 Å². The van der Waals surface area contributed by atoms with Crippen LogP contribution in [0.1, 0.15) is 47.3 Å².